The summed E-state index contributed by atoms with van der Waals surface area (Å²) < 4.78 is 48.0. The van der Waals surface area contributed by atoms with Crippen LogP contribution >= 0.6 is 0 Å². The fourth-order valence-electron chi connectivity index (χ4n) is 6.16. The predicted octanol–water partition coefficient (Wildman–Crippen LogP) is 0.614. The molecule has 2 aliphatic carbocycles. The van der Waals surface area contributed by atoms with Crippen LogP contribution in [0, 0.1) is 0 Å². The summed E-state index contributed by atoms with van der Waals surface area (Å²) in [5, 5.41) is 48.7. The summed E-state index contributed by atoms with van der Waals surface area (Å²) in [6.07, 6.45) is -7.34. The number of piperidine rings is 1. The van der Waals surface area contributed by atoms with Gasteiger partial charge in [0.25, 0.3) is 0 Å². The van der Waals surface area contributed by atoms with E-state index in [1.807, 2.05) is 13.1 Å². The van der Waals surface area contributed by atoms with Crippen molar-refractivity contribution in [1.82, 2.24) is 4.90 Å². The molecular formula is C26H28F3NO12. The molecule has 1 spiro atoms. The molecule has 42 heavy (non-hydrogen) atoms. The second-order valence-electron chi connectivity index (χ2n) is 10.5. The number of ether oxygens (including phenoxy) is 3. The van der Waals surface area contributed by atoms with Crippen molar-refractivity contribution in [2.45, 2.75) is 74.2 Å². The lowest BCUT2D eigenvalue weighted by atomic mass is 9.50. The number of benzene rings is 1. The molecule has 1 aromatic rings. The van der Waals surface area contributed by atoms with Gasteiger partial charge in [-0.2, -0.15) is 13.2 Å². The minimum Gasteiger partial charge on any atom is -0.504 e. The zero-order valence-corrected chi connectivity index (χ0v) is 22.3. The lowest BCUT2D eigenvalue weighted by Crippen LogP contribution is -2.74. The van der Waals surface area contributed by atoms with Gasteiger partial charge in [-0.1, -0.05) is 6.07 Å². The highest BCUT2D eigenvalue weighted by atomic mass is 19.4. The lowest BCUT2D eigenvalue weighted by molar-refractivity contribution is -0.192. The Morgan fingerprint density at radius 2 is 1.86 bits per heavy atom. The summed E-state index contributed by atoms with van der Waals surface area (Å²) in [5.41, 5.74) is -0.522. The number of carboxylic acid groups (broad SMARTS) is 2. The maximum absolute atomic E-state index is 12.6. The van der Waals surface area contributed by atoms with Gasteiger partial charge in [-0.3, -0.25) is 4.79 Å². The second-order valence-corrected chi connectivity index (χ2v) is 10.5. The zero-order chi connectivity index (χ0) is 31.4. The molecule has 1 aromatic carbocycles. The monoisotopic (exact) mass is 603 g/mol. The molecule has 230 valence electrons. The van der Waals surface area contributed by atoms with Crippen LogP contribution in [-0.2, 0) is 40.5 Å². The first-order chi connectivity index (χ1) is 19.4. The van der Waals surface area contributed by atoms with Crippen LogP contribution in [0.1, 0.15) is 37.3 Å². The Morgan fingerprint density at radius 1 is 1.21 bits per heavy atom. The average molecular weight is 603 g/mol. The molecule has 0 radical (unpaired) electrons. The fraction of sp³-hybridized carbons (Fsp3) is 0.538. The van der Waals surface area contributed by atoms with Gasteiger partial charge < -0.3 is 44.6 Å². The average Bonchev–Trinajstić information content (AvgIpc) is 3.25. The van der Waals surface area contributed by atoms with E-state index in [1.165, 1.54) is 0 Å². The molecular weight excluding hydrogens is 575 g/mol. The summed E-state index contributed by atoms with van der Waals surface area (Å²) in [6, 6.07) is 3.16. The highest BCUT2D eigenvalue weighted by molar-refractivity contribution is 5.84. The molecule has 16 heteroatoms. The number of esters is 2. The van der Waals surface area contributed by atoms with Crippen LogP contribution in [0.25, 0.3) is 0 Å². The third kappa shape index (κ3) is 5.03. The number of phenols is 1. The minimum atomic E-state index is -5.08. The summed E-state index contributed by atoms with van der Waals surface area (Å²) in [5.74, 6) is -6.07. The first-order valence-corrected chi connectivity index (χ1v) is 12.7. The molecule has 5 rings (SSSR count). The predicted molar refractivity (Wildman–Crippen MR) is 130 cm³/mol. The van der Waals surface area contributed by atoms with Gasteiger partial charge >= 0.3 is 30.1 Å². The number of likely N-dealkylation sites (tertiary alicyclic amines) is 1. The second kappa shape index (κ2) is 10.7. The van der Waals surface area contributed by atoms with Gasteiger partial charge in [0.1, 0.15) is 5.76 Å². The molecule has 4 aliphatic rings. The van der Waals surface area contributed by atoms with E-state index < -0.39 is 65.8 Å². The Labute approximate surface area is 235 Å². The van der Waals surface area contributed by atoms with E-state index in [-0.39, 0.29) is 29.7 Å². The number of aliphatic hydroxyl groups is 2. The molecule has 1 fully saturated rings. The smallest absolute Gasteiger partial charge is 0.490 e. The van der Waals surface area contributed by atoms with Crippen LogP contribution in [0.4, 0.5) is 13.2 Å². The van der Waals surface area contributed by atoms with E-state index in [0.717, 1.165) is 18.1 Å². The number of aromatic hydroxyl groups is 1. The van der Waals surface area contributed by atoms with Crippen molar-refractivity contribution in [3.63, 3.8) is 0 Å². The number of halogens is 3. The lowest BCUT2D eigenvalue weighted by Gasteiger charge is -2.61. The zero-order valence-electron chi connectivity index (χ0n) is 22.3. The van der Waals surface area contributed by atoms with Crippen molar-refractivity contribution in [2.75, 3.05) is 13.6 Å². The van der Waals surface area contributed by atoms with Gasteiger partial charge in [0.05, 0.1) is 17.4 Å². The number of carbonyl (C=O) groups excluding carboxylic acids is 2. The molecule has 2 heterocycles. The van der Waals surface area contributed by atoms with E-state index >= 15 is 0 Å². The van der Waals surface area contributed by atoms with Crippen molar-refractivity contribution in [2.24, 2.45) is 0 Å². The van der Waals surface area contributed by atoms with Crippen LogP contribution in [-0.4, -0.2) is 104 Å². The molecule has 0 amide bonds. The number of alkyl halides is 3. The number of carboxylic acids is 2. The Kier molecular flexibility index (Phi) is 7.94. The Hall–Kier alpha value is -3.89. The number of likely N-dealkylation sites (N-methyl/N-ethyl adjacent to an activating group) is 1. The van der Waals surface area contributed by atoms with Crippen molar-refractivity contribution >= 4 is 23.9 Å². The highest BCUT2D eigenvalue weighted by Crippen LogP contribution is 2.65. The SMILES string of the molecule is C[C@H](OC(=O)C[C@H](O)C(=O)OC1=CC[C@@]2(O)[C@H]3Cc4ccc(O)c5c4[C@@]2(CCN3C)[C@H]1O5)C(=O)O.O=C(O)C(F)(F)F. The number of aliphatic hydroxyl groups excluding tert-OH is 1. The number of hydrogen-bond donors (Lipinski definition) is 5. The topological polar surface area (TPSA) is 200 Å². The van der Waals surface area contributed by atoms with Gasteiger partial charge in [0.2, 0.25) is 0 Å². The highest BCUT2D eigenvalue weighted by Gasteiger charge is 2.72. The van der Waals surface area contributed by atoms with Gasteiger partial charge in [-0.05, 0) is 51.1 Å². The standard InChI is InChI=1S/C24H27NO10.C2HF3O2/c1-11(21(29)30)33-17(28)10-14(27)22(31)34-15-5-6-24(32)16-9-12-3-4-13(26)19-18(12)23(24,20(15)35-19)7-8-25(16)2;3-2(4,5)1(6)7/h3-5,11,14,16,20,26-27,32H,6-10H2,1-2H3,(H,29,30);(H,6,7)/t11-,14-,16+,20-,23-,24+;/m0./s1. The summed E-state index contributed by atoms with van der Waals surface area (Å²) in [4.78, 5) is 46.4. The quantitative estimate of drug-likeness (QED) is 0.284. The largest absolute Gasteiger partial charge is 0.504 e. The maximum atomic E-state index is 12.6. The fourth-order valence-corrected chi connectivity index (χ4v) is 6.16. The maximum Gasteiger partial charge on any atom is 0.490 e. The summed E-state index contributed by atoms with van der Waals surface area (Å²) in [7, 11) is 1.95. The Balaban J connectivity index is 0.000000517. The molecule has 0 saturated carbocycles. The van der Waals surface area contributed by atoms with Crippen LogP contribution < -0.4 is 4.74 Å². The molecule has 5 N–H and O–H groups in total. The van der Waals surface area contributed by atoms with Crippen molar-refractivity contribution in [3.05, 3.63) is 35.1 Å². The van der Waals surface area contributed by atoms with Gasteiger partial charge in [0.15, 0.2) is 29.8 Å². The first kappa shape index (κ1) is 31.1. The number of hydrogen-bond acceptors (Lipinski definition) is 11. The van der Waals surface area contributed by atoms with Crippen molar-refractivity contribution in [3.8, 4) is 11.5 Å². The third-order valence-electron chi connectivity index (χ3n) is 8.10. The van der Waals surface area contributed by atoms with E-state index in [4.69, 9.17) is 24.5 Å². The molecule has 1 saturated heterocycles. The van der Waals surface area contributed by atoms with E-state index in [0.29, 0.717) is 19.4 Å². The van der Waals surface area contributed by atoms with Crippen LogP contribution in [0.2, 0.25) is 0 Å². The molecule has 0 unspecified atom stereocenters. The van der Waals surface area contributed by atoms with Crippen LogP contribution in [0.3, 0.4) is 0 Å². The van der Waals surface area contributed by atoms with Gasteiger partial charge in [0, 0.05) is 18.0 Å². The Morgan fingerprint density at radius 3 is 2.45 bits per heavy atom. The van der Waals surface area contributed by atoms with E-state index in [2.05, 4.69) is 9.64 Å². The normalized spacial score (nSPS) is 28.5. The van der Waals surface area contributed by atoms with E-state index in [1.54, 1.807) is 12.1 Å². The summed E-state index contributed by atoms with van der Waals surface area (Å²) in [6.45, 7) is 1.80. The van der Waals surface area contributed by atoms with Crippen molar-refractivity contribution < 1.29 is 72.1 Å². The molecule has 13 nitrogen and oxygen atoms in total. The van der Waals surface area contributed by atoms with Crippen molar-refractivity contribution in [1.29, 1.82) is 0 Å². The molecule has 0 aromatic heterocycles. The summed E-state index contributed by atoms with van der Waals surface area (Å²) >= 11 is 0. The van der Waals surface area contributed by atoms with Gasteiger partial charge in [-0.25, -0.2) is 14.4 Å². The van der Waals surface area contributed by atoms with Crippen LogP contribution in [0.15, 0.2) is 24.0 Å². The number of nitrogens with zero attached hydrogens (tertiary/aromatic N) is 1. The minimum absolute atomic E-state index is 0.0757. The third-order valence-corrected chi connectivity index (χ3v) is 8.10. The number of rotatable bonds is 6. The number of carbonyl (C=O) groups is 4. The number of aliphatic carboxylic acids is 2. The number of phenolic OH excluding ortho intramolecular Hbond substituents is 1. The molecule has 2 bridgehead atoms. The van der Waals surface area contributed by atoms with E-state index in [9.17, 15) is 42.9 Å². The molecule has 6 atom stereocenters. The first-order valence-electron chi connectivity index (χ1n) is 12.7. The van der Waals surface area contributed by atoms with Gasteiger partial charge in [-0.15, -0.1) is 0 Å². The van der Waals surface area contributed by atoms with Crippen LogP contribution in [0.5, 0.6) is 11.5 Å². The molecule has 2 aliphatic heterocycles. The Bertz CT molecular complexity index is 1350.